The average molecular weight is 292 g/mol. The number of nitrogens with one attached hydrogen (secondary N) is 1. The molecule has 0 aromatic carbocycles. The third-order valence-electron chi connectivity index (χ3n) is 3.73. The minimum absolute atomic E-state index is 0.542. The summed E-state index contributed by atoms with van der Waals surface area (Å²) < 4.78 is 5.53. The second-order valence-electron chi connectivity index (χ2n) is 6.10. The summed E-state index contributed by atoms with van der Waals surface area (Å²) in [5.74, 6) is 2.16. The van der Waals surface area contributed by atoms with E-state index in [-0.39, 0.29) is 0 Å². The van der Waals surface area contributed by atoms with E-state index in [1.165, 1.54) is 12.8 Å². The molecule has 0 radical (unpaired) electrons. The van der Waals surface area contributed by atoms with Crippen molar-refractivity contribution in [1.82, 2.24) is 15.3 Å². The molecule has 1 aliphatic heterocycles. The molecule has 21 heavy (non-hydrogen) atoms. The SMILES string of the molecule is CCOc1cc(C)nc(N2CCCC(CNC(C)C)C2)n1. The second kappa shape index (κ2) is 7.59. The summed E-state index contributed by atoms with van der Waals surface area (Å²) in [5, 5.41) is 3.54. The zero-order valence-electron chi connectivity index (χ0n) is 13.7. The van der Waals surface area contributed by atoms with Gasteiger partial charge in [0.1, 0.15) is 0 Å². The van der Waals surface area contributed by atoms with Crippen LogP contribution in [0.5, 0.6) is 5.88 Å². The maximum Gasteiger partial charge on any atom is 0.228 e. The van der Waals surface area contributed by atoms with Crippen LogP contribution in [-0.2, 0) is 0 Å². The summed E-state index contributed by atoms with van der Waals surface area (Å²) in [6, 6.07) is 2.44. The molecule has 1 aromatic rings. The maximum atomic E-state index is 5.53. The molecule has 1 atom stereocenters. The molecule has 0 aliphatic carbocycles. The highest BCUT2D eigenvalue weighted by Gasteiger charge is 2.22. The average Bonchev–Trinajstić information content (AvgIpc) is 2.45. The summed E-state index contributed by atoms with van der Waals surface area (Å²) in [6.07, 6.45) is 2.48. The fourth-order valence-corrected chi connectivity index (χ4v) is 2.70. The molecule has 0 amide bonds. The molecule has 2 rings (SSSR count). The van der Waals surface area contributed by atoms with E-state index in [1.807, 2.05) is 19.9 Å². The van der Waals surface area contributed by atoms with Gasteiger partial charge in [0.05, 0.1) is 6.61 Å². The van der Waals surface area contributed by atoms with Crippen molar-refractivity contribution >= 4 is 5.95 Å². The van der Waals surface area contributed by atoms with Crippen molar-refractivity contribution in [2.24, 2.45) is 5.92 Å². The van der Waals surface area contributed by atoms with Crippen LogP contribution in [0.4, 0.5) is 5.95 Å². The van der Waals surface area contributed by atoms with E-state index in [1.54, 1.807) is 0 Å². The molecule has 1 aliphatic rings. The first kappa shape index (κ1) is 16.0. The molecule has 118 valence electrons. The van der Waals surface area contributed by atoms with Gasteiger partial charge in [-0.3, -0.25) is 0 Å². The van der Waals surface area contributed by atoms with Gasteiger partial charge in [0.25, 0.3) is 0 Å². The van der Waals surface area contributed by atoms with Crippen molar-refractivity contribution in [3.05, 3.63) is 11.8 Å². The Balaban J connectivity index is 2.03. The Morgan fingerprint density at radius 2 is 2.24 bits per heavy atom. The molecule has 1 saturated heterocycles. The van der Waals surface area contributed by atoms with Crippen molar-refractivity contribution in [2.75, 3.05) is 31.1 Å². The molecular formula is C16H28N4O. The van der Waals surface area contributed by atoms with Crippen LogP contribution in [0.15, 0.2) is 6.07 Å². The van der Waals surface area contributed by atoms with E-state index in [2.05, 4.69) is 34.0 Å². The first-order valence-electron chi connectivity index (χ1n) is 8.05. The van der Waals surface area contributed by atoms with Crippen LogP contribution in [0, 0.1) is 12.8 Å². The van der Waals surface area contributed by atoms with Crippen molar-refractivity contribution in [3.63, 3.8) is 0 Å². The van der Waals surface area contributed by atoms with Gasteiger partial charge in [0.2, 0.25) is 11.8 Å². The number of ether oxygens (including phenoxy) is 1. The number of aromatic nitrogens is 2. The molecule has 0 saturated carbocycles. The van der Waals surface area contributed by atoms with Gasteiger partial charge in [-0.05, 0) is 39.2 Å². The van der Waals surface area contributed by atoms with Crippen molar-refractivity contribution in [3.8, 4) is 5.88 Å². The van der Waals surface area contributed by atoms with E-state index in [0.717, 1.165) is 31.3 Å². The van der Waals surface area contributed by atoms with Crippen LogP contribution in [0.2, 0.25) is 0 Å². The molecule has 0 spiro atoms. The number of piperidine rings is 1. The Kier molecular flexibility index (Phi) is 5.79. The Bertz CT molecular complexity index is 450. The molecule has 5 nitrogen and oxygen atoms in total. The highest BCUT2D eigenvalue weighted by atomic mass is 16.5. The lowest BCUT2D eigenvalue weighted by molar-refractivity contribution is 0.324. The fraction of sp³-hybridized carbons (Fsp3) is 0.750. The van der Waals surface area contributed by atoms with Gasteiger partial charge in [0.15, 0.2) is 0 Å². The largest absolute Gasteiger partial charge is 0.478 e. The van der Waals surface area contributed by atoms with Crippen LogP contribution >= 0.6 is 0 Å². The number of anilines is 1. The van der Waals surface area contributed by atoms with Crippen LogP contribution in [0.1, 0.15) is 39.3 Å². The first-order chi connectivity index (χ1) is 10.1. The predicted molar refractivity (Wildman–Crippen MR) is 86.0 cm³/mol. The second-order valence-corrected chi connectivity index (χ2v) is 6.10. The molecule has 1 fully saturated rings. The molecule has 0 bridgehead atoms. The smallest absolute Gasteiger partial charge is 0.228 e. The molecule has 5 heteroatoms. The summed E-state index contributed by atoms with van der Waals surface area (Å²) in [4.78, 5) is 11.4. The number of hydrogen-bond acceptors (Lipinski definition) is 5. The van der Waals surface area contributed by atoms with Gasteiger partial charge in [-0.1, -0.05) is 13.8 Å². The van der Waals surface area contributed by atoms with Crippen LogP contribution in [0.3, 0.4) is 0 Å². The number of hydrogen-bond donors (Lipinski definition) is 1. The number of nitrogens with zero attached hydrogens (tertiary/aromatic N) is 3. The van der Waals surface area contributed by atoms with Gasteiger partial charge >= 0.3 is 0 Å². The van der Waals surface area contributed by atoms with Gasteiger partial charge in [-0.2, -0.15) is 4.98 Å². The third kappa shape index (κ3) is 4.84. The van der Waals surface area contributed by atoms with Crippen molar-refractivity contribution in [1.29, 1.82) is 0 Å². The van der Waals surface area contributed by atoms with Gasteiger partial charge in [0, 0.05) is 30.9 Å². The van der Waals surface area contributed by atoms with Crippen LogP contribution in [-0.4, -0.2) is 42.3 Å². The molecule has 2 heterocycles. The highest BCUT2D eigenvalue weighted by Crippen LogP contribution is 2.22. The molecular weight excluding hydrogens is 264 g/mol. The van der Waals surface area contributed by atoms with E-state index in [0.29, 0.717) is 24.4 Å². The number of aryl methyl sites for hydroxylation is 1. The van der Waals surface area contributed by atoms with Crippen LogP contribution in [0.25, 0.3) is 0 Å². The summed E-state index contributed by atoms with van der Waals surface area (Å²) >= 11 is 0. The summed E-state index contributed by atoms with van der Waals surface area (Å²) in [7, 11) is 0. The van der Waals surface area contributed by atoms with Gasteiger partial charge < -0.3 is 15.0 Å². The van der Waals surface area contributed by atoms with Crippen molar-refractivity contribution in [2.45, 2.75) is 46.6 Å². The molecule has 1 aromatic heterocycles. The predicted octanol–water partition coefficient (Wildman–Crippen LogP) is 2.40. The summed E-state index contributed by atoms with van der Waals surface area (Å²) in [6.45, 7) is 12.1. The highest BCUT2D eigenvalue weighted by molar-refractivity contribution is 5.35. The lowest BCUT2D eigenvalue weighted by Gasteiger charge is -2.33. The Morgan fingerprint density at radius 3 is 2.95 bits per heavy atom. The van der Waals surface area contributed by atoms with E-state index >= 15 is 0 Å². The van der Waals surface area contributed by atoms with Crippen molar-refractivity contribution < 1.29 is 4.74 Å². The number of rotatable bonds is 6. The molecule has 1 unspecified atom stereocenters. The van der Waals surface area contributed by atoms with Crippen LogP contribution < -0.4 is 15.0 Å². The lowest BCUT2D eigenvalue weighted by Crippen LogP contribution is -2.41. The van der Waals surface area contributed by atoms with E-state index in [4.69, 9.17) is 4.74 Å². The van der Waals surface area contributed by atoms with E-state index < -0.39 is 0 Å². The Morgan fingerprint density at radius 1 is 1.43 bits per heavy atom. The lowest BCUT2D eigenvalue weighted by atomic mass is 9.98. The zero-order valence-corrected chi connectivity index (χ0v) is 13.7. The quantitative estimate of drug-likeness (QED) is 0.872. The maximum absolute atomic E-state index is 5.53. The van der Waals surface area contributed by atoms with Gasteiger partial charge in [-0.15, -0.1) is 0 Å². The van der Waals surface area contributed by atoms with Gasteiger partial charge in [-0.25, -0.2) is 4.98 Å². The fourth-order valence-electron chi connectivity index (χ4n) is 2.70. The monoisotopic (exact) mass is 292 g/mol. The molecule has 1 N–H and O–H groups in total. The Hall–Kier alpha value is -1.36. The van der Waals surface area contributed by atoms with E-state index in [9.17, 15) is 0 Å². The Labute approximate surface area is 128 Å². The normalized spacial score (nSPS) is 19.1. The minimum atomic E-state index is 0.542. The topological polar surface area (TPSA) is 50.3 Å². The minimum Gasteiger partial charge on any atom is -0.478 e. The zero-order chi connectivity index (χ0) is 15.2. The summed E-state index contributed by atoms with van der Waals surface area (Å²) in [5.41, 5.74) is 0.964. The third-order valence-corrected chi connectivity index (χ3v) is 3.73. The first-order valence-corrected chi connectivity index (χ1v) is 8.05. The standard InChI is InChI=1S/C16H28N4O/c1-5-21-15-9-13(4)18-16(19-15)20-8-6-7-14(11-20)10-17-12(2)3/h9,12,14,17H,5-8,10-11H2,1-4H3.